The number of pyridine rings is 1. The van der Waals surface area contributed by atoms with E-state index >= 15 is 0 Å². The van der Waals surface area contributed by atoms with Crippen molar-refractivity contribution in [3.05, 3.63) is 35.4 Å². The second-order valence-electron chi connectivity index (χ2n) is 2.40. The Labute approximate surface area is 76.7 Å². The second-order valence-corrected chi connectivity index (χ2v) is 2.77. The lowest BCUT2D eigenvalue weighted by Gasteiger charge is -1.98. The molecule has 0 unspecified atom stereocenters. The molecular weight excluding hydrogens is 173 g/mol. The molecule has 0 aromatic carbocycles. The normalized spacial score (nSPS) is 10.9. The fraction of sp³-hybridized carbons (Fsp3) is 0.222. The predicted molar refractivity (Wildman–Crippen MR) is 51.8 cm³/mol. The van der Waals surface area contributed by atoms with Crippen molar-refractivity contribution in [2.75, 3.05) is 5.75 Å². The van der Waals surface area contributed by atoms with Gasteiger partial charge in [-0.2, -0.15) is 17.0 Å². The second kappa shape index (κ2) is 4.26. The summed E-state index contributed by atoms with van der Waals surface area (Å²) >= 11 is 4.01. The number of aromatic nitrogens is 1. The largest absolute Gasteiger partial charge is 0.228 e. The van der Waals surface area contributed by atoms with E-state index in [1.807, 2.05) is 12.2 Å². The van der Waals surface area contributed by atoms with Crippen LogP contribution in [0.3, 0.4) is 0 Å². The summed E-state index contributed by atoms with van der Waals surface area (Å²) in [7, 11) is 0. The predicted octanol–water partition coefficient (Wildman–Crippen LogP) is 2.47. The van der Waals surface area contributed by atoms with E-state index in [4.69, 9.17) is 0 Å². The van der Waals surface area contributed by atoms with Crippen molar-refractivity contribution >= 4 is 18.7 Å². The molecule has 0 saturated heterocycles. The van der Waals surface area contributed by atoms with Crippen LogP contribution in [0.2, 0.25) is 0 Å². The lowest BCUT2D eigenvalue weighted by atomic mass is 10.1. The average molecular weight is 183 g/mol. The van der Waals surface area contributed by atoms with E-state index in [0.29, 0.717) is 11.3 Å². The third-order valence-electron chi connectivity index (χ3n) is 1.59. The Balaban J connectivity index is 3.00. The van der Waals surface area contributed by atoms with Crippen LogP contribution in [-0.4, -0.2) is 10.7 Å². The molecule has 0 aliphatic heterocycles. The number of rotatable bonds is 2. The van der Waals surface area contributed by atoms with Gasteiger partial charge >= 0.3 is 0 Å². The molecule has 0 aliphatic carbocycles. The molecule has 1 aromatic heterocycles. The zero-order valence-corrected chi connectivity index (χ0v) is 7.68. The highest BCUT2D eigenvalue weighted by Gasteiger charge is 2.00. The molecule has 0 radical (unpaired) electrons. The topological polar surface area (TPSA) is 12.9 Å². The third-order valence-corrected chi connectivity index (χ3v) is 1.80. The van der Waals surface area contributed by atoms with Gasteiger partial charge in [-0.15, -0.1) is 0 Å². The zero-order chi connectivity index (χ0) is 8.97. The maximum atomic E-state index is 12.8. The Hall–Kier alpha value is -0.830. The summed E-state index contributed by atoms with van der Waals surface area (Å²) < 4.78 is 12.8. The summed E-state index contributed by atoms with van der Waals surface area (Å²) in [4.78, 5) is 3.53. The van der Waals surface area contributed by atoms with Crippen molar-refractivity contribution in [3.63, 3.8) is 0 Å². The van der Waals surface area contributed by atoms with Crippen LogP contribution in [0, 0.1) is 12.9 Å². The van der Waals surface area contributed by atoms with Gasteiger partial charge in [-0.25, -0.2) is 4.98 Å². The third kappa shape index (κ3) is 2.08. The van der Waals surface area contributed by atoms with Crippen molar-refractivity contribution < 1.29 is 4.39 Å². The van der Waals surface area contributed by atoms with Crippen LogP contribution < -0.4 is 0 Å². The Morgan fingerprint density at radius 3 is 3.08 bits per heavy atom. The van der Waals surface area contributed by atoms with E-state index in [2.05, 4.69) is 17.6 Å². The number of halogens is 1. The lowest BCUT2D eigenvalue weighted by Crippen LogP contribution is -1.90. The number of hydrogen-bond acceptors (Lipinski definition) is 2. The first-order valence-electron chi connectivity index (χ1n) is 3.64. The smallest absolute Gasteiger partial charge is 0.216 e. The Morgan fingerprint density at radius 2 is 2.42 bits per heavy atom. The molecule has 0 aliphatic rings. The van der Waals surface area contributed by atoms with Gasteiger partial charge in [0.25, 0.3) is 0 Å². The molecule has 1 aromatic rings. The fourth-order valence-electron chi connectivity index (χ4n) is 0.884. The fourth-order valence-corrected chi connectivity index (χ4v) is 0.990. The molecule has 1 nitrogen and oxygen atoms in total. The maximum Gasteiger partial charge on any atom is 0.216 e. The highest BCUT2D eigenvalue weighted by Crippen LogP contribution is 2.10. The number of thiol groups is 1. The minimum absolute atomic E-state index is 0.406. The summed E-state index contributed by atoms with van der Waals surface area (Å²) in [5, 5.41) is 0. The first-order valence-corrected chi connectivity index (χ1v) is 4.27. The zero-order valence-electron chi connectivity index (χ0n) is 6.79. The van der Waals surface area contributed by atoms with E-state index in [1.165, 1.54) is 6.20 Å². The highest BCUT2D eigenvalue weighted by atomic mass is 32.1. The molecular formula is C9H10FNS. The molecule has 0 atom stereocenters. The van der Waals surface area contributed by atoms with Crippen LogP contribution in [0.1, 0.15) is 11.1 Å². The van der Waals surface area contributed by atoms with Gasteiger partial charge in [0.1, 0.15) is 0 Å². The SMILES string of the molecule is Cc1c(C=CCS)ccnc1F. The Bertz CT molecular complexity index is 297. The minimum atomic E-state index is -0.406. The molecule has 0 spiro atoms. The van der Waals surface area contributed by atoms with Crippen LogP contribution in [0.5, 0.6) is 0 Å². The van der Waals surface area contributed by atoms with Crippen LogP contribution in [-0.2, 0) is 0 Å². The van der Waals surface area contributed by atoms with Gasteiger partial charge in [0.05, 0.1) is 0 Å². The molecule has 0 bridgehead atoms. The molecule has 0 N–H and O–H groups in total. The maximum absolute atomic E-state index is 12.8. The van der Waals surface area contributed by atoms with Gasteiger partial charge in [-0.3, -0.25) is 0 Å². The summed E-state index contributed by atoms with van der Waals surface area (Å²) in [6, 6.07) is 1.78. The van der Waals surface area contributed by atoms with Crippen LogP contribution in [0.4, 0.5) is 4.39 Å². The molecule has 1 heterocycles. The molecule has 0 fully saturated rings. The molecule has 0 saturated carbocycles. The van der Waals surface area contributed by atoms with Gasteiger partial charge in [-0.1, -0.05) is 12.2 Å². The standard InChI is InChI=1S/C9H10FNS/c1-7-8(3-2-6-12)4-5-11-9(7)10/h2-5,12H,6H2,1H3. The summed E-state index contributed by atoms with van der Waals surface area (Å²) in [6.45, 7) is 1.71. The van der Waals surface area contributed by atoms with E-state index in [9.17, 15) is 4.39 Å². The van der Waals surface area contributed by atoms with Crippen molar-refractivity contribution in [2.24, 2.45) is 0 Å². The quantitative estimate of drug-likeness (QED) is 0.549. The Kier molecular flexibility index (Phi) is 3.29. The Morgan fingerprint density at radius 1 is 1.67 bits per heavy atom. The van der Waals surface area contributed by atoms with Crippen LogP contribution in [0.15, 0.2) is 18.3 Å². The van der Waals surface area contributed by atoms with Crippen molar-refractivity contribution in [1.29, 1.82) is 0 Å². The van der Waals surface area contributed by atoms with E-state index in [-0.39, 0.29) is 0 Å². The number of hydrogen-bond donors (Lipinski definition) is 1. The van der Waals surface area contributed by atoms with Crippen molar-refractivity contribution in [1.82, 2.24) is 4.98 Å². The van der Waals surface area contributed by atoms with Crippen molar-refractivity contribution in [2.45, 2.75) is 6.92 Å². The van der Waals surface area contributed by atoms with Gasteiger partial charge < -0.3 is 0 Å². The summed E-state index contributed by atoms with van der Waals surface area (Å²) in [5.74, 6) is 0.250. The first-order chi connectivity index (χ1) is 5.75. The van der Waals surface area contributed by atoms with E-state index in [1.54, 1.807) is 13.0 Å². The molecule has 64 valence electrons. The van der Waals surface area contributed by atoms with Gasteiger partial charge in [0.2, 0.25) is 5.95 Å². The molecule has 1 rings (SSSR count). The molecule has 12 heavy (non-hydrogen) atoms. The van der Waals surface area contributed by atoms with Gasteiger partial charge in [0, 0.05) is 17.5 Å². The first kappa shape index (κ1) is 9.26. The van der Waals surface area contributed by atoms with Gasteiger partial charge in [0.15, 0.2) is 0 Å². The highest BCUT2D eigenvalue weighted by molar-refractivity contribution is 7.80. The minimum Gasteiger partial charge on any atom is -0.228 e. The summed E-state index contributed by atoms with van der Waals surface area (Å²) in [6.07, 6.45) is 5.17. The van der Waals surface area contributed by atoms with E-state index in [0.717, 1.165) is 5.56 Å². The van der Waals surface area contributed by atoms with Crippen LogP contribution >= 0.6 is 12.6 Å². The van der Waals surface area contributed by atoms with E-state index < -0.39 is 5.95 Å². The monoisotopic (exact) mass is 183 g/mol. The van der Waals surface area contributed by atoms with Crippen molar-refractivity contribution in [3.8, 4) is 0 Å². The number of nitrogens with zero attached hydrogens (tertiary/aromatic N) is 1. The molecule has 0 amide bonds. The van der Waals surface area contributed by atoms with Crippen LogP contribution in [0.25, 0.3) is 6.08 Å². The summed E-state index contributed by atoms with van der Waals surface area (Å²) in [5.41, 5.74) is 1.44. The lowest BCUT2D eigenvalue weighted by molar-refractivity contribution is 0.574. The average Bonchev–Trinajstić information content (AvgIpc) is 2.08. The molecule has 3 heteroatoms. The van der Waals surface area contributed by atoms with Gasteiger partial charge in [-0.05, 0) is 18.6 Å².